The van der Waals surface area contributed by atoms with Crippen LogP contribution in [0.15, 0.2) is 96.0 Å². The summed E-state index contributed by atoms with van der Waals surface area (Å²) in [4.78, 5) is 12.7. The van der Waals surface area contributed by atoms with E-state index < -0.39 is 15.9 Å². The summed E-state index contributed by atoms with van der Waals surface area (Å²) >= 11 is 0. The smallest absolute Gasteiger partial charge is 0.262 e. The van der Waals surface area contributed by atoms with E-state index in [9.17, 15) is 13.2 Å². The Morgan fingerprint density at radius 3 is 2.47 bits per heavy atom. The number of ether oxygens (including phenoxy) is 1. The van der Waals surface area contributed by atoms with Crippen molar-refractivity contribution in [3.8, 4) is 11.4 Å². The molecule has 0 unspecified atom stereocenters. The van der Waals surface area contributed by atoms with Gasteiger partial charge in [-0.1, -0.05) is 36.4 Å². The second-order valence-electron chi connectivity index (χ2n) is 6.77. The van der Waals surface area contributed by atoms with E-state index in [0.29, 0.717) is 17.3 Å². The van der Waals surface area contributed by atoms with Gasteiger partial charge in [0.15, 0.2) is 5.82 Å². The van der Waals surface area contributed by atoms with E-state index in [2.05, 4.69) is 15.1 Å². The SMILES string of the molecule is COc1ccccc1NS(=O)(=O)c1cccc(C(=O)Nc2ccn(-c3ccccc3)n2)c1. The Kier molecular flexibility index (Phi) is 5.91. The summed E-state index contributed by atoms with van der Waals surface area (Å²) in [5.74, 6) is 0.260. The highest BCUT2D eigenvalue weighted by Gasteiger charge is 2.18. The number of anilines is 2. The zero-order valence-corrected chi connectivity index (χ0v) is 17.9. The summed E-state index contributed by atoms with van der Waals surface area (Å²) in [6.07, 6.45) is 1.73. The second-order valence-corrected chi connectivity index (χ2v) is 8.45. The summed E-state index contributed by atoms with van der Waals surface area (Å²) in [6, 6.07) is 23.6. The first kappa shape index (κ1) is 21.1. The van der Waals surface area contributed by atoms with Crippen LogP contribution in [0.1, 0.15) is 10.4 Å². The number of benzene rings is 3. The van der Waals surface area contributed by atoms with Crippen LogP contribution in [-0.2, 0) is 10.0 Å². The van der Waals surface area contributed by atoms with Gasteiger partial charge < -0.3 is 10.1 Å². The van der Waals surface area contributed by atoms with E-state index in [1.54, 1.807) is 41.2 Å². The molecule has 0 aliphatic rings. The van der Waals surface area contributed by atoms with Gasteiger partial charge in [0.1, 0.15) is 5.75 Å². The molecule has 162 valence electrons. The number of amides is 1. The number of hydrogen-bond donors (Lipinski definition) is 2. The van der Waals surface area contributed by atoms with E-state index >= 15 is 0 Å². The fourth-order valence-corrected chi connectivity index (χ4v) is 4.16. The molecule has 0 bridgehead atoms. The summed E-state index contributed by atoms with van der Waals surface area (Å²) in [7, 11) is -2.48. The summed E-state index contributed by atoms with van der Waals surface area (Å²) in [6.45, 7) is 0. The van der Waals surface area contributed by atoms with Crippen molar-refractivity contribution in [3.63, 3.8) is 0 Å². The van der Waals surface area contributed by atoms with Crippen LogP contribution >= 0.6 is 0 Å². The van der Waals surface area contributed by atoms with Crippen molar-refractivity contribution in [2.75, 3.05) is 17.1 Å². The van der Waals surface area contributed by atoms with Gasteiger partial charge >= 0.3 is 0 Å². The van der Waals surface area contributed by atoms with Crippen LogP contribution in [0.5, 0.6) is 5.75 Å². The summed E-state index contributed by atoms with van der Waals surface area (Å²) in [5.41, 5.74) is 1.34. The quantitative estimate of drug-likeness (QED) is 0.446. The molecule has 0 fully saturated rings. The Bertz CT molecular complexity index is 1350. The molecule has 1 heterocycles. The largest absolute Gasteiger partial charge is 0.495 e. The Morgan fingerprint density at radius 1 is 0.938 bits per heavy atom. The highest BCUT2D eigenvalue weighted by molar-refractivity contribution is 7.92. The van der Waals surface area contributed by atoms with Gasteiger partial charge in [0.05, 0.1) is 23.4 Å². The molecular formula is C23H20N4O4S. The topological polar surface area (TPSA) is 102 Å². The van der Waals surface area contributed by atoms with Crippen LogP contribution in [0.2, 0.25) is 0 Å². The number of para-hydroxylation sites is 3. The van der Waals surface area contributed by atoms with Crippen molar-refractivity contribution in [3.05, 3.63) is 96.7 Å². The Hall–Kier alpha value is -4.11. The predicted molar refractivity (Wildman–Crippen MR) is 122 cm³/mol. The van der Waals surface area contributed by atoms with Gasteiger partial charge in [0, 0.05) is 17.8 Å². The van der Waals surface area contributed by atoms with Crippen LogP contribution in [0, 0.1) is 0 Å². The molecule has 0 aliphatic carbocycles. The van der Waals surface area contributed by atoms with Gasteiger partial charge in [-0.15, -0.1) is 0 Å². The maximum absolute atomic E-state index is 12.8. The number of carbonyl (C=O) groups excluding carboxylic acids is 1. The molecule has 32 heavy (non-hydrogen) atoms. The average Bonchev–Trinajstić information content (AvgIpc) is 3.28. The van der Waals surface area contributed by atoms with Crippen LogP contribution in [-0.4, -0.2) is 31.2 Å². The third-order valence-electron chi connectivity index (χ3n) is 4.61. The molecular weight excluding hydrogens is 428 g/mol. The third-order valence-corrected chi connectivity index (χ3v) is 5.97. The predicted octanol–water partition coefficient (Wildman–Crippen LogP) is 3.93. The van der Waals surface area contributed by atoms with E-state index in [1.165, 1.54) is 31.4 Å². The monoisotopic (exact) mass is 448 g/mol. The van der Waals surface area contributed by atoms with Crippen LogP contribution < -0.4 is 14.8 Å². The molecule has 0 saturated heterocycles. The Morgan fingerprint density at radius 2 is 1.69 bits per heavy atom. The van der Waals surface area contributed by atoms with Gasteiger partial charge in [-0.2, -0.15) is 5.10 Å². The minimum absolute atomic E-state index is 0.0501. The fraction of sp³-hybridized carbons (Fsp3) is 0.0435. The number of aromatic nitrogens is 2. The molecule has 0 spiro atoms. The van der Waals surface area contributed by atoms with E-state index in [1.807, 2.05) is 30.3 Å². The molecule has 8 nitrogen and oxygen atoms in total. The van der Waals surface area contributed by atoms with Gasteiger partial charge in [-0.3, -0.25) is 9.52 Å². The van der Waals surface area contributed by atoms with Crippen molar-refractivity contribution in [1.29, 1.82) is 0 Å². The van der Waals surface area contributed by atoms with Crippen molar-refractivity contribution in [1.82, 2.24) is 9.78 Å². The molecule has 1 aromatic heterocycles. The molecule has 3 aromatic carbocycles. The van der Waals surface area contributed by atoms with Crippen molar-refractivity contribution < 1.29 is 17.9 Å². The lowest BCUT2D eigenvalue weighted by atomic mass is 10.2. The lowest BCUT2D eigenvalue weighted by Crippen LogP contribution is -2.16. The number of sulfonamides is 1. The minimum atomic E-state index is -3.94. The van der Waals surface area contributed by atoms with E-state index in [4.69, 9.17) is 4.74 Å². The number of nitrogens with one attached hydrogen (secondary N) is 2. The lowest BCUT2D eigenvalue weighted by molar-refractivity contribution is 0.102. The zero-order valence-electron chi connectivity index (χ0n) is 17.1. The Balaban J connectivity index is 1.52. The van der Waals surface area contributed by atoms with Crippen LogP contribution in [0.25, 0.3) is 5.69 Å². The summed E-state index contributed by atoms with van der Waals surface area (Å²) in [5, 5.41) is 7.02. The van der Waals surface area contributed by atoms with Crippen molar-refractivity contribution in [2.24, 2.45) is 0 Å². The first-order valence-electron chi connectivity index (χ1n) is 9.64. The number of rotatable bonds is 7. The molecule has 0 radical (unpaired) electrons. The number of hydrogen-bond acceptors (Lipinski definition) is 5. The highest BCUT2D eigenvalue weighted by atomic mass is 32.2. The highest BCUT2D eigenvalue weighted by Crippen LogP contribution is 2.26. The molecule has 4 rings (SSSR count). The summed E-state index contributed by atoms with van der Waals surface area (Å²) < 4.78 is 35.0. The van der Waals surface area contributed by atoms with Gasteiger partial charge in [0.2, 0.25) is 0 Å². The first-order chi connectivity index (χ1) is 15.5. The maximum atomic E-state index is 12.8. The van der Waals surface area contributed by atoms with Crippen LogP contribution in [0.3, 0.4) is 0 Å². The second kappa shape index (κ2) is 8.94. The van der Waals surface area contributed by atoms with Gasteiger partial charge in [-0.25, -0.2) is 13.1 Å². The lowest BCUT2D eigenvalue weighted by Gasteiger charge is -2.12. The van der Waals surface area contributed by atoms with E-state index in [0.717, 1.165) is 5.69 Å². The third kappa shape index (κ3) is 4.62. The average molecular weight is 449 g/mol. The molecule has 0 atom stereocenters. The van der Waals surface area contributed by atoms with Crippen LogP contribution in [0.4, 0.5) is 11.5 Å². The zero-order chi connectivity index (χ0) is 22.6. The fourth-order valence-electron chi connectivity index (χ4n) is 3.04. The van der Waals surface area contributed by atoms with Crippen molar-refractivity contribution in [2.45, 2.75) is 4.90 Å². The molecule has 0 aliphatic heterocycles. The first-order valence-corrected chi connectivity index (χ1v) is 11.1. The number of methoxy groups -OCH3 is 1. The molecule has 0 saturated carbocycles. The molecule has 4 aromatic rings. The molecule has 1 amide bonds. The number of nitrogens with zero attached hydrogens (tertiary/aromatic N) is 2. The number of carbonyl (C=O) groups is 1. The van der Waals surface area contributed by atoms with Crippen molar-refractivity contribution >= 4 is 27.4 Å². The van der Waals surface area contributed by atoms with Gasteiger partial charge in [-0.05, 0) is 42.5 Å². The Labute approximate surface area is 185 Å². The molecule has 9 heteroatoms. The van der Waals surface area contributed by atoms with Gasteiger partial charge in [0.25, 0.3) is 15.9 Å². The standard InChI is InChI=1S/C23H20N4O4S/c1-31-21-13-6-5-12-20(21)26-32(29,30)19-11-7-8-17(16-19)23(28)24-22-14-15-27(25-22)18-9-3-2-4-10-18/h2-16,26H,1H3,(H,24,25,28). The molecule has 2 N–H and O–H groups in total. The normalized spacial score (nSPS) is 11.0. The van der Waals surface area contributed by atoms with E-state index in [-0.39, 0.29) is 10.5 Å². The maximum Gasteiger partial charge on any atom is 0.262 e. The minimum Gasteiger partial charge on any atom is -0.495 e.